The molecule has 0 aromatic rings. The third kappa shape index (κ3) is 3.44. The average Bonchev–Trinajstić information content (AvgIpc) is 2.39. The molecule has 2 N–H and O–H groups in total. The van der Waals surface area contributed by atoms with Crippen LogP contribution in [0.5, 0.6) is 0 Å². The van der Waals surface area contributed by atoms with E-state index in [0.717, 1.165) is 19.3 Å². The molecule has 118 valence electrons. The van der Waals surface area contributed by atoms with Gasteiger partial charge >= 0.3 is 0 Å². The van der Waals surface area contributed by atoms with E-state index in [0.29, 0.717) is 6.42 Å². The minimum atomic E-state index is -3.05. The maximum atomic E-state index is 12.3. The van der Waals surface area contributed by atoms with Gasteiger partial charge in [0.2, 0.25) is 5.91 Å². The minimum absolute atomic E-state index is 0. The van der Waals surface area contributed by atoms with E-state index in [4.69, 9.17) is 10.5 Å². The molecule has 1 saturated heterocycles. The number of methoxy groups -OCH3 is 1. The maximum absolute atomic E-state index is 12.3. The first kappa shape index (κ1) is 17.7. The van der Waals surface area contributed by atoms with Crippen molar-refractivity contribution in [2.24, 2.45) is 5.73 Å². The average molecular weight is 327 g/mol. The summed E-state index contributed by atoms with van der Waals surface area (Å²) >= 11 is 0. The third-order valence-electron chi connectivity index (χ3n) is 4.09. The van der Waals surface area contributed by atoms with Crippen molar-refractivity contribution in [1.82, 2.24) is 4.90 Å². The van der Waals surface area contributed by atoms with Gasteiger partial charge in [-0.15, -0.1) is 12.4 Å². The standard InChI is InChI=1S/C12H22N2O4S.ClH/c1-18-8-9(13)12(15)14-6-7-19(16,17)11-5-3-2-4-10(11)14;/h9-11H,2-8,13H2,1H3;1H. The quantitative estimate of drug-likeness (QED) is 0.785. The van der Waals surface area contributed by atoms with E-state index in [2.05, 4.69) is 0 Å². The van der Waals surface area contributed by atoms with Gasteiger partial charge in [0.25, 0.3) is 0 Å². The first-order chi connectivity index (χ1) is 8.97. The molecular weight excluding hydrogens is 304 g/mol. The van der Waals surface area contributed by atoms with E-state index in [9.17, 15) is 13.2 Å². The third-order valence-corrected chi connectivity index (χ3v) is 6.32. The lowest BCUT2D eigenvalue weighted by Crippen LogP contribution is -2.61. The lowest BCUT2D eigenvalue weighted by molar-refractivity contribution is -0.136. The molecular formula is C12H23ClN2O4S. The largest absolute Gasteiger partial charge is 0.383 e. The summed E-state index contributed by atoms with van der Waals surface area (Å²) in [5.74, 6) is -0.131. The summed E-state index contributed by atoms with van der Waals surface area (Å²) in [5, 5.41) is -0.395. The lowest BCUT2D eigenvalue weighted by Gasteiger charge is -2.44. The zero-order chi connectivity index (χ0) is 14.0. The fourth-order valence-corrected chi connectivity index (χ4v) is 5.17. The van der Waals surface area contributed by atoms with E-state index < -0.39 is 21.1 Å². The summed E-state index contributed by atoms with van der Waals surface area (Å²) < 4.78 is 29.1. The van der Waals surface area contributed by atoms with Crippen LogP contribution in [0.1, 0.15) is 25.7 Å². The lowest BCUT2D eigenvalue weighted by atomic mass is 9.93. The van der Waals surface area contributed by atoms with Crippen molar-refractivity contribution in [1.29, 1.82) is 0 Å². The molecule has 1 amide bonds. The predicted octanol–water partition coefficient (Wildman–Crippen LogP) is -0.0499. The van der Waals surface area contributed by atoms with Crippen molar-refractivity contribution in [2.45, 2.75) is 43.0 Å². The number of carbonyl (C=O) groups excluding carboxylic acids is 1. The molecule has 2 rings (SSSR count). The fraction of sp³-hybridized carbons (Fsp3) is 0.917. The Hall–Kier alpha value is -0.370. The highest BCUT2D eigenvalue weighted by atomic mass is 35.5. The molecule has 20 heavy (non-hydrogen) atoms. The summed E-state index contributed by atoms with van der Waals surface area (Å²) in [6.07, 6.45) is 3.32. The summed E-state index contributed by atoms with van der Waals surface area (Å²) in [6, 6.07) is -0.892. The molecule has 2 fully saturated rings. The van der Waals surface area contributed by atoms with Gasteiger partial charge in [0.15, 0.2) is 9.84 Å². The van der Waals surface area contributed by atoms with E-state index in [1.54, 1.807) is 4.90 Å². The monoisotopic (exact) mass is 326 g/mol. The van der Waals surface area contributed by atoms with E-state index >= 15 is 0 Å². The van der Waals surface area contributed by atoms with Crippen molar-refractivity contribution >= 4 is 28.2 Å². The Morgan fingerprint density at radius 3 is 2.70 bits per heavy atom. The van der Waals surface area contributed by atoms with Gasteiger partial charge in [0.05, 0.1) is 17.6 Å². The molecule has 3 unspecified atom stereocenters. The highest BCUT2D eigenvalue weighted by Crippen LogP contribution is 2.32. The normalized spacial score (nSPS) is 30.0. The van der Waals surface area contributed by atoms with Crippen LogP contribution in [-0.4, -0.2) is 62.6 Å². The van der Waals surface area contributed by atoms with Crippen molar-refractivity contribution in [2.75, 3.05) is 26.0 Å². The molecule has 0 radical (unpaired) electrons. The van der Waals surface area contributed by atoms with Crippen LogP contribution in [0.2, 0.25) is 0 Å². The first-order valence-corrected chi connectivity index (χ1v) is 8.45. The first-order valence-electron chi connectivity index (χ1n) is 6.74. The van der Waals surface area contributed by atoms with Crippen LogP contribution in [0.15, 0.2) is 0 Å². The number of amides is 1. The number of rotatable bonds is 3. The van der Waals surface area contributed by atoms with Crippen molar-refractivity contribution in [3.05, 3.63) is 0 Å². The number of halogens is 1. The molecule has 1 aliphatic carbocycles. The van der Waals surface area contributed by atoms with Gasteiger partial charge in [0.1, 0.15) is 6.04 Å². The van der Waals surface area contributed by atoms with Crippen molar-refractivity contribution in [3.8, 4) is 0 Å². The molecule has 2 aliphatic rings. The molecule has 0 aromatic carbocycles. The molecule has 3 atom stereocenters. The summed E-state index contributed by atoms with van der Waals surface area (Å²) in [5.41, 5.74) is 5.78. The Morgan fingerprint density at radius 1 is 1.40 bits per heavy atom. The van der Waals surface area contributed by atoms with Crippen LogP contribution in [0.3, 0.4) is 0 Å². The molecule has 8 heteroatoms. The van der Waals surface area contributed by atoms with Crippen LogP contribution in [-0.2, 0) is 19.4 Å². The summed E-state index contributed by atoms with van der Waals surface area (Å²) in [7, 11) is -1.56. The number of ether oxygens (including phenoxy) is 1. The topological polar surface area (TPSA) is 89.7 Å². The SMILES string of the molecule is COCC(N)C(=O)N1CCS(=O)(=O)C2CCCCC21.Cl. The number of hydrogen-bond acceptors (Lipinski definition) is 5. The zero-order valence-electron chi connectivity index (χ0n) is 11.7. The van der Waals surface area contributed by atoms with Gasteiger partial charge < -0.3 is 15.4 Å². The van der Waals surface area contributed by atoms with E-state index in [1.807, 2.05) is 0 Å². The van der Waals surface area contributed by atoms with Gasteiger partial charge in [-0.05, 0) is 12.8 Å². The zero-order valence-corrected chi connectivity index (χ0v) is 13.3. The molecule has 0 bridgehead atoms. The number of sulfone groups is 1. The Balaban J connectivity index is 0.00000200. The predicted molar refractivity (Wildman–Crippen MR) is 78.6 cm³/mol. The van der Waals surface area contributed by atoms with Crippen molar-refractivity contribution in [3.63, 3.8) is 0 Å². The van der Waals surface area contributed by atoms with Gasteiger partial charge in [-0.1, -0.05) is 12.8 Å². The molecule has 0 aromatic heterocycles. The molecule has 1 saturated carbocycles. The molecule has 0 spiro atoms. The number of nitrogens with zero attached hydrogens (tertiary/aromatic N) is 1. The Labute approximate surface area is 126 Å². The summed E-state index contributed by atoms with van der Waals surface area (Å²) in [6.45, 7) is 0.430. The molecule has 1 aliphatic heterocycles. The Bertz CT molecular complexity index is 443. The number of nitrogens with two attached hydrogens (primary N) is 1. The summed E-state index contributed by atoms with van der Waals surface area (Å²) in [4.78, 5) is 14.0. The van der Waals surface area contributed by atoms with Gasteiger partial charge in [-0.25, -0.2) is 8.42 Å². The van der Waals surface area contributed by atoms with Crippen molar-refractivity contribution < 1.29 is 17.9 Å². The fourth-order valence-electron chi connectivity index (χ4n) is 3.13. The second-order valence-electron chi connectivity index (χ2n) is 5.35. The highest BCUT2D eigenvalue weighted by molar-refractivity contribution is 7.92. The van der Waals surface area contributed by atoms with Crippen LogP contribution in [0, 0.1) is 0 Å². The van der Waals surface area contributed by atoms with Crippen LogP contribution in [0.4, 0.5) is 0 Å². The number of hydrogen-bond donors (Lipinski definition) is 1. The van der Waals surface area contributed by atoms with Gasteiger partial charge in [-0.3, -0.25) is 4.79 Å². The van der Waals surface area contributed by atoms with Crippen LogP contribution in [0.25, 0.3) is 0 Å². The smallest absolute Gasteiger partial charge is 0.242 e. The molecule has 1 heterocycles. The number of carbonyl (C=O) groups is 1. The van der Waals surface area contributed by atoms with Crippen LogP contribution < -0.4 is 5.73 Å². The maximum Gasteiger partial charge on any atom is 0.242 e. The second-order valence-corrected chi connectivity index (χ2v) is 7.69. The minimum Gasteiger partial charge on any atom is -0.383 e. The Kier molecular flexibility index (Phi) is 6.25. The van der Waals surface area contributed by atoms with Gasteiger partial charge in [-0.2, -0.15) is 0 Å². The second kappa shape index (κ2) is 7.06. The number of fused-ring (bicyclic) bond motifs is 1. The van der Waals surface area contributed by atoms with E-state index in [-0.39, 0.29) is 43.3 Å². The highest BCUT2D eigenvalue weighted by Gasteiger charge is 2.44. The van der Waals surface area contributed by atoms with E-state index in [1.165, 1.54) is 7.11 Å². The van der Waals surface area contributed by atoms with Crippen LogP contribution >= 0.6 is 12.4 Å². The molecule has 6 nitrogen and oxygen atoms in total. The van der Waals surface area contributed by atoms with Gasteiger partial charge in [0, 0.05) is 19.7 Å². The Morgan fingerprint density at radius 2 is 2.05 bits per heavy atom.